The molecule has 0 bridgehead atoms. The molecule has 0 aliphatic rings. The minimum absolute atomic E-state index is 0.00181. The topological polar surface area (TPSA) is 151 Å². The Hall–Kier alpha value is -2.01. The number of hydrogen-bond acceptors (Lipinski definition) is 8. The first kappa shape index (κ1) is 19.0. The van der Waals surface area contributed by atoms with Crippen LogP contribution in [0.2, 0.25) is 0 Å². The SMILES string of the molecule is CCNCC.Nc1nc2c(ncn2COC(CO)CO)c(=O)[nH]1. The van der Waals surface area contributed by atoms with Gasteiger partial charge in [-0.15, -0.1) is 0 Å². The number of hydrogen-bond donors (Lipinski definition) is 5. The lowest BCUT2D eigenvalue weighted by atomic mass is 10.4. The highest BCUT2D eigenvalue weighted by atomic mass is 16.5. The van der Waals surface area contributed by atoms with Crippen molar-refractivity contribution in [2.75, 3.05) is 32.0 Å². The van der Waals surface area contributed by atoms with Crippen LogP contribution < -0.4 is 16.6 Å². The normalized spacial score (nSPS) is 10.8. The predicted molar refractivity (Wildman–Crippen MR) is 85.8 cm³/mol. The van der Waals surface area contributed by atoms with Gasteiger partial charge in [0, 0.05) is 0 Å². The van der Waals surface area contributed by atoms with Crippen LogP contribution in [0.3, 0.4) is 0 Å². The van der Waals surface area contributed by atoms with Gasteiger partial charge in [0.1, 0.15) is 12.8 Å². The van der Waals surface area contributed by atoms with Gasteiger partial charge in [0.05, 0.1) is 19.5 Å². The molecule has 10 nitrogen and oxygen atoms in total. The van der Waals surface area contributed by atoms with Crippen molar-refractivity contribution in [2.24, 2.45) is 0 Å². The molecule has 0 amide bonds. The van der Waals surface area contributed by atoms with E-state index in [0.717, 1.165) is 13.1 Å². The number of anilines is 1. The summed E-state index contributed by atoms with van der Waals surface area (Å²) in [5.41, 5.74) is 5.43. The van der Waals surface area contributed by atoms with Crippen LogP contribution in [-0.4, -0.2) is 62.1 Å². The molecular formula is C13H24N6O4. The molecule has 2 heterocycles. The molecule has 0 spiro atoms. The van der Waals surface area contributed by atoms with Gasteiger partial charge >= 0.3 is 0 Å². The van der Waals surface area contributed by atoms with E-state index in [9.17, 15) is 4.79 Å². The molecule has 0 radical (unpaired) electrons. The maximum absolute atomic E-state index is 11.5. The van der Waals surface area contributed by atoms with Crippen LogP contribution in [0.15, 0.2) is 11.1 Å². The van der Waals surface area contributed by atoms with Gasteiger partial charge in [-0.05, 0) is 13.1 Å². The molecule has 130 valence electrons. The third kappa shape index (κ3) is 5.60. The summed E-state index contributed by atoms with van der Waals surface area (Å²) in [7, 11) is 0. The predicted octanol–water partition coefficient (Wildman–Crippen LogP) is -1.36. The Morgan fingerprint density at radius 2 is 2.04 bits per heavy atom. The third-order valence-electron chi connectivity index (χ3n) is 2.85. The van der Waals surface area contributed by atoms with E-state index in [-0.39, 0.29) is 37.1 Å². The fraction of sp³-hybridized carbons (Fsp3) is 0.615. The fourth-order valence-electron chi connectivity index (χ4n) is 1.66. The molecular weight excluding hydrogens is 304 g/mol. The zero-order valence-electron chi connectivity index (χ0n) is 13.3. The monoisotopic (exact) mass is 328 g/mol. The minimum atomic E-state index is -0.693. The van der Waals surface area contributed by atoms with E-state index < -0.39 is 11.7 Å². The average molecular weight is 328 g/mol. The molecule has 10 heteroatoms. The number of aliphatic hydroxyl groups is 2. The van der Waals surface area contributed by atoms with Crippen LogP contribution in [0.4, 0.5) is 5.95 Å². The summed E-state index contributed by atoms with van der Waals surface area (Å²) in [4.78, 5) is 21.6. The van der Waals surface area contributed by atoms with Crippen molar-refractivity contribution in [1.29, 1.82) is 0 Å². The summed E-state index contributed by atoms with van der Waals surface area (Å²) in [6.07, 6.45) is 0.680. The van der Waals surface area contributed by atoms with E-state index >= 15 is 0 Å². The van der Waals surface area contributed by atoms with E-state index in [1.165, 1.54) is 10.9 Å². The van der Waals surface area contributed by atoms with E-state index in [1.54, 1.807) is 0 Å². The summed E-state index contributed by atoms with van der Waals surface area (Å²) in [6.45, 7) is 5.77. The molecule has 0 aliphatic heterocycles. The van der Waals surface area contributed by atoms with Gasteiger partial charge in [0.2, 0.25) is 5.95 Å². The van der Waals surface area contributed by atoms with E-state index in [2.05, 4.69) is 34.1 Å². The van der Waals surface area contributed by atoms with Crippen LogP contribution in [0.25, 0.3) is 11.2 Å². The molecule has 2 aromatic rings. The molecule has 0 aliphatic carbocycles. The van der Waals surface area contributed by atoms with Gasteiger partial charge in [0.25, 0.3) is 5.56 Å². The Labute approximate surface area is 133 Å². The zero-order chi connectivity index (χ0) is 17.2. The van der Waals surface area contributed by atoms with E-state index in [1.807, 2.05) is 0 Å². The smallest absolute Gasteiger partial charge is 0.280 e. The fourth-order valence-corrected chi connectivity index (χ4v) is 1.66. The molecule has 0 fully saturated rings. The molecule has 2 aromatic heterocycles. The Bertz CT molecular complexity index is 635. The number of aromatic amines is 1. The molecule has 2 rings (SSSR count). The highest BCUT2D eigenvalue weighted by molar-refractivity contribution is 5.70. The number of nitrogens with one attached hydrogen (secondary N) is 2. The van der Waals surface area contributed by atoms with Crippen molar-refractivity contribution in [2.45, 2.75) is 26.7 Å². The second-order valence-electron chi connectivity index (χ2n) is 4.58. The molecule has 0 aromatic carbocycles. The Balaban J connectivity index is 0.000000463. The van der Waals surface area contributed by atoms with Crippen LogP contribution in [0.1, 0.15) is 13.8 Å². The van der Waals surface area contributed by atoms with Crippen LogP contribution in [-0.2, 0) is 11.5 Å². The second-order valence-corrected chi connectivity index (χ2v) is 4.58. The number of nitrogen functional groups attached to an aromatic ring is 1. The highest BCUT2D eigenvalue weighted by Gasteiger charge is 2.11. The van der Waals surface area contributed by atoms with Crippen molar-refractivity contribution in [1.82, 2.24) is 24.8 Å². The van der Waals surface area contributed by atoms with E-state index in [0.29, 0.717) is 0 Å². The first-order chi connectivity index (χ1) is 11.1. The van der Waals surface area contributed by atoms with Crippen LogP contribution in [0.5, 0.6) is 0 Å². The number of nitrogens with two attached hydrogens (primary N) is 1. The van der Waals surface area contributed by atoms with Crippen LogP contribution in [0, 0.1) is 0 Å². The molecule has 0 saturated carbocycles. The summed E-state index contributed by atoms with van der Waals surface area (Å²) in [5, 5.41) is 20.8. The Morgan fingerprint density at radius 1 is 1.39 bits per heavy atom. The minimum Gasteiger partial charge on any atom is -0.394 e. The number of aliphatic hydroxyl groups excluding tert-OH is 2. The third-order valence-corrected chi connectivity index (χ3v) is 2.85. The summed E-state index contributed by atoms with van der Waals surface area (Å²) >= 11 is 0. The maximum Gasteiger partial charge on any atom is 0.280 e. The van der Waals surface area contributed by atoms with Crippen molar-refractivity contribution in [3.8, 4) is 0 Å². The zero-order valence-corrected chi connectivity index (χ0v) is 13.3. The molecule has 0 atom stereocenters. The lowest BCUT2D eigenvalue weighted by Gasteiger charge is -2.12. The number of nitrogens with zero attached hydrogens (tertiary/aromatic N) is 3. The van der Waals surface area contributed by atoms with Gasteiger partial charge < -0.3 is 26.0 Å². The Morgan fingerprint density at radius 3 is 2.57 bits per heavy atom. The summed E-state index contributed by atoms with van der Waals surface area (Å²) in [5.74, 6) is -0.0184. The van der Waals surface area contributed by atoms with Gasteiger partial charge in [-0.2, -0.15) is 4.98 Å². The number of ether oxygens (including phenoxy) is 1. The maximum atomic E-state index is 11.5. The lowest BCUT2D eigenvalue weighted by Crippen LogP contribution is -2.23. The van der Waals surface area contributed by atoms with Gasteiger partial charge in [-0.1, -0.05) is 13.8 Å². The van der Waals surface area contributed by atoms with Crippen molar-refractivity contribution in [3.63, 3.8) is 0 Å². The standard InChI is InChI=1S/C9H13N5O4.C4H11N/c10-9-12-7-6(8(17)13-9)11-3-14(7)4-18-5(1-15)2-16;1-3-5-4-2/h3,5,15-16H,1-2,4H2,(H3,10,12,13,17);5H,3-4H2,1-2H3. The largest absolute Gasteiger partial charge is 0.394 e. The first-order valence-electron chi connectivity index (χ1n) is 7.31. The van der Waals surface area contributed by atoms with Gasteiger partial charge in [-0.25, -0.2) is 4.98 Å². The quantitative estimate of drug-likeness (QED) is 0.418. The molecule has 23 heavy (non-hydrogen) atoms. The number of imidazole rings is 1. The number of aromatic nitrogens is 4. The molecule has 0 unspecified atom stereocenters. The van der Waals surface area contributed by atoms with E-state index in [4.69, 9.17) is 20.7 Å². The number of rotatable bonds is 7. The summed E-state index contributed by atoms with van der Waals surface area (Å²) < 4.78 is 6.66. The lowest BCUT2D eigenvalue weighted by molar-refractivity contribution is -0.0488. The van der Waals surface area contributed by atoms with Crippen molar-refractivity contribution < 1.29 is 14.9 Å². The first-order valence-corrected chi connectivity index (χ1v) is 7.31. The van der Waals surface area contributed by atoms with Crippen molar-refractivity contribution in [3.05, 3.63) is 16.7 Å². The average Bonchev–Trinajstić information content (AvgIpc) is 2.93. The number of fused-ring (bicyclic) bond motifs is 1. The van der Waals surface area contributed by atoms with Gasteiger partial charge in [-0.3, -0.25) is 14.3 Å². The van der Waals surface area contributed by atoms with Crippen LogP contribution >= 0.6 is 0 Å². The van der Waals surface area contributed by atoms with Gasteiger partial charge in [0.15, 0.2) is 11.2 Å². The molecule has 6 N–H and O–H groups in total. The molecule has 0 saturated heterocycles. The number of H-pyrrole nitrogens is 1. The summed E-state index contributed by atoms with van der Waals surface area (Å²) in [6, 6.07) is 0. The van der Waals surface area contributed by atoms with Crippen molar-refractivity contribution >= 4 is 17.1 Å². The highest BCUT2D eigenvalue weighted by Crippen LogP contribution is 2.07. The second kappa shape index (κ2) is 9.90. The Kier molecular flexibility index (Phi) is 8.19.